The van der Waals surface area contributed by atoms with E-state index in [2.05, 4.69) is 36.4 Å². The van der Waals surface area contributed by atoms with Crippen molar-refractivity contribution < 1.29 is 9.53 Å². The lowest BCUT2D eigenvalue weighted by Crippen LogP contribution is -2.04. The smallest absolute Gasteiger partial charge is 0.338 e. The van der Waals surface area contributed by atoms with Crippen LogP contribution in [-0.4, -0.2) is 12.6 Å². The van der Waals surface area contributed by atoms with E-state index in [0.717, 1.165) is 22.3 Å². The molecule has 4 rings (SSSR count). The van der Waals surface area contributed by atoms with Crippen LogP contribution in [0.2, 0.25) is 0 Å². The Morgan fingerprint density at radius 1 is 0.840 bits per heavy atom. The zero-order valence-electron chi connectivity index (χ0n) is 14.0. The van der Waals surface area contributed by atoms with Gasteiger partial charge in [-0.3, -0.25) is 0 Å². The minimum Gasteiger partial charge on any atom is -0.462 e. The van der Waals surface area contributed by atoms with E-state index in [1.807, 2.05) is 49.4 Å². The summed E-state index contributed by atoms with van der Waals surface area (Å²) in [6, 6.07) is 24.4. The fraction of sp³-hybridized carbons (Fsp3) is 0.0870. The van der Waals surface area contributed by atoms with Crippen LogP contribution in [0.4, 0.5) is 0 Å². The highest BCUT2D eigenvalue weighted by atomic mass is 16.5. The molecule has 0 bridgehead atoms. The Hall–Kier alpha value is -3.13. The van der Waals surface area contributed by atoms with Crippen LogP contribution in [0, 0.1) is 0 Å². The third-order valence-electron chi connectivity index (χ3n) is 4.44. The summed E-state index contributed by atoms with van der Waals surface area (Å²) in [6.45, 7) is 2.20. The van der Waals surface area contributed by atoms with Crippen LogP contribution in [-0.2, 0) is 4.74 Å². The van der Waals surface area contributed by atoms with Crippen molar-refractivity contribution >= 4 is 17.6 Å². The highest BCUT2D eigenvalue weighted by molar-refractivity contribution is 6.07. The zero-order valence-corrected chi connectivity index (χ0v) is 14.0. The lowest BCUT2D eigenvalue weighted by Gasteiger charge is -2.06. The zero-order chi connectivity index (χ0) is 17.2. The predicted octanol–water partition coefficient (Wildman–Crippen LogP) is 5.43. The van der Waals surface area contributed by atoms with Gasteiger partial charge in [0, 0.05) is 0 Å². The van der Waals surface area contributed by atoms with Gasteiger partial charge in [-0.1, -0.05) is 60.7 Å². The fourth-order valence-corrected chi connectivity index (χ4v) is 3.31. The molecule has 25 heavy (non-hydrogen) atoms. The number of hydrogen-bond acceptors (Lipinski definition) is 2. The van der Waals surface area contributed by atoms with Gasteiger partial charge in [0.1, 0.15) is 0 Å². The van der Waals surface area contributed by atoms with Gasteiger partial charge in [0.05, 0.1) is 12.2 Å². The van der Waals surface area contributed by atoms with E-state index in [-0.39, 0.29) is 5.97 Å². The van der Waals surface area contributed by atoms with E-state index in [1.54, 1.807) is 0 Å². The van der Waals surface area contributed by atoms with E-state index in [9.17, 15) is 4.79 Å². The molecule has 0 N–H and O–H groups in total. The van der Waals surface area contributed by atoms with Gasteiger partial charge < -0.3 is 4.74 Å². The maximum absolute atomic E-state index is 12.1. The molecule has 0 saturated heterocycles. The number of rotatable bonds is 3. The van der Waals surface area contributed by atoms with Crippen molar-refractivity contribution in [1.82, 2.24) is 0 Å². The normalized spacial score (nSPS) is 13.4. The Morgan fingerprint density at radius 2 is 1.52 bits per heavy atom. The third kappa shape index (κ3) is 2.76. The van der Waals surface area contributed by atoms with Crippen LogP contribution >= 0.6 is 0 Å². The largest absolute Gasteiger partial charge is 0.462 e. The molecule has 2 nitrogen and oxygen atoms in total. The van der Waals surface area contributed by atoms with Crippen molar-refractivity contribution in [3.05, 3.63) is 95.1 Å². The molecule has 0 fully saturated rings. The van der Waals surface area contributed by atoms with Crippen LogP contribution in [0.1, 0.15) is 34.0 Å². The standard InChI is InChI=1S/C23H18O2/c1-2-25-23(24)17-12-13-20-21(14-16-8-4-3-5-9-16)18-10-6-7-11-19(18)22(20)15-17/h3-15H,2H2,1H3/b21-14-. The molecule has 0 radical (unpaired) electrons. The summed E-state index contributed by atoms with van der Waals surface area (Å²) in [5.74, 6) is -0.275. The molecule has 0 heterocycles. The van der Waals surface area contributed by atoms with E-state index >= 15 is 0 Å². The van der Waals surface area contributed by atoms with Crippen molar-refractivity contribution in [1.29, 1.82) is 0 Å². The molecule has 3 aromatic rings. The van der Waals surface area contributed by atoms with E-state index in [4.69, 9.17) is 4.74 Å². The van der Waals surface area contributed by atoms with Gasteiger partial charge in [-0.15, -0.1) is 0 Å². The molecule has 1 aliphatic carbocycles. The Labute approximate surface area is 147 Å². The minimum absolute atomic E-state index is 0.275. The molecule has 0 unspecified atom stereocenters. The van der Waals surface area contributed by atoms with Gasteiger partial charge >= 0.3 is 5.97 Å². The number of fused-ring (bicyclic) bond motifs is 3. The summed E-state index contributed by atoms with van der Waals surface area (Å²) in [4.78, 5) is 12.1. The van der Waals surface area contributed by atoms with Gasteiger partial charge in [0.2, 0.25) is 0 Å². The average Bonchev–Trinajstić information content (AvgIpc) is 2.96. The number of carbonyl (C=O) groups is 1. The first-order valence-electron chi connectivity index (χ1n) is 8.46. The molecule has 122 valence electrons. The Kier molecular flexibility index (Phi) is 3.95. The summed E-state index contributed by atoms with van der Waals surface area (Å²) in [5.41, 5.74) is 7.54. The summed E-state index contributed by atoms with van der Waals surface area (Å²) >= 11 is 0. The van der Waals surface area contributed by atoms with Crippen LogP contribution in [0.5, 0.6) is 0 Å². The van der Waals surface area contributed by atoms with Crippen molar-refractivity contribution in [2.24, 2.45) is 0 Å². The fourth-order valence-electron chi connectivity index (χ4n) is 3.31. The van der Waals surface area contributed by atoms with Gasteiger partial charge in [-0.25, -0.2) is 4.79 Å². The molecular weight excluding hydrogens is 308 g/mol. The first-order chi connectivity index (χ1) is 12.3. The molecule has 0 saturated carbocycles. The lowest BCUT2D eigenvalue weighted by atomic mass is 10.00. The van der Waals surface area contributed by atoms with Crippen molar-refractivity contribution in [3.63, 3.8) is 0 Å². The van der Waals surface area contributed by atoms with Crippen LogP contribution in [0.15, 0.2) is 72.8 Å². The Morgan fingerprint density at radius 3 is 2.28 bits per heavy atom. The van der Waals surface area contributed by atoms with Crippen molar-refractivity contribution in [3.8, 4) is 11.1 Å². The number of carbonyl (C=O) groups excluding carboxylic acids is 1. The molecule has 3 aromatic carbocycles. The SMILES string of the molecule is CCOC(=O)c1ccc2c(c1)-c1ccccc1/C2=C/c1ccccc1. The molecular formula is C23H18O2. The topological polar surface area (TPSA) is 26.3 Å². The van der Waals surface area contributed by atoms with Crippen molar-refractivity contribution in [2.75, 3.05) is 6.61 Å². The van der Waals surface area contributed by atoms with Crippen molar-refractivity contribution in [2.45, 2.75) is 6.92 Å². The number of benzene rings is 3. The van der Waals surface area contributed by atoms with E-state index < -0.39 is 0 Å². The minimum atomic E-state index is -0.275. The van der Waals surface area contributed by atoms with Gasteiger partial charge in [0.25, 0.3) is 0 Å². The third-order valence-corrected chi connectivity index (χ3v) is 4.44. The summed E-state index contributed by atoms with van der Waals surface area (Å²) < 4.78 is 5.14. The van der Waals surface area contributed by atoms with Crippen LogP contribution in [0.25, 0.3) is 22.8 Å². The second-order valence-corrected chi connectivity index (χ2v) is 6.00. The highest BCUT2D eigenvalue weighted by Gasteiger charge is 2.24. The Balaban J connectivity index is 1.88. The molecule has 0 aromatic heterocycles. The van der Waals surface area contributed by atoms with Gasteiger partial charge in [-0.2, -0.15) is 0 Å². The molecule has 0 aliphatic heterocycles. The molecule has 0 spiro atoms. The maximum atomic E-state index is 12.1. The van der Waals surface area contributed by atoms with Crippen LogP contribution < -0.4 is 0 Å². The maximum Gasteiger partial charge on any atom is 0.338 e. The number of hydrogen-bond donors (Lipinski definition) is 0. The monoisotopic (exact) mass is 326 g/mol. The van der Waals surface area contributed by atoms with Crippen LogP contribution in [0.3, 0.4) is 0 Å². The molecule has 1 aliphatic rings. The first-order valence-corrected chi connectivity index (χ1v) is 8.46. The second-order valence-electron chi connectivity index (χ2n) is 6.00. The molecule has 2 heteroatoms. The Bertz CT molecular complexity index is 968. The highest BCUT2D eigenvalue weighted by Crippen LogP contribution is 2.45. The number of esters is 1. The molecule has 0 atom stereocenters. The quantitative estimate of drug-likeness (QED) is 0.469. The summed E-state index contributed by atoms with van der Waals surface area (Å²) in [7, 11) is 0. The average molecular weight is 326 g/mol. The summed E-state index contributed by atoms with van der Waals surface area (Å²) in [5, 5.41) is 0. The van der Waals surface area contributed by atoms with Gasteiger partial charge in [0.15, 0.2) is 0 Å². The number of ether oxygens (including phenoxy) is 1. The first kappa shape index (κ1) is 15.4. The molecule has 0 amide bonds. The van der Waals surface area contributed by atoms with E-state index in [0.29, 0.717) is 12.2 Å². The lowest BCUT2D eigenvalue weighted by molar-refractivity contribution is 0.0526. The predicted molar refractivity (Wildman–Crippen MR) is 101 cm³/mol. The summed E-state index contributed by atoms with van der Waals surface area (Å²) in [6.07, 6.45) is 2.20. The van der Waals surface area contributed by atoms with E-state index in [1.165, 1.54) is 11.1 Å². The second kappa shape index (κ2) is 6.40. The van der Waals surface area contributed by atoms with Gasteiger partial charge in [-0.05, 0) is 58.5 Å².